The SMILES string of the molecule is CC1CCC(C(C)C)C(OP(O)(=S)c2ccc(N(C)C)cc2NC(=O)c2cccs2)C1. The van der Waals surface area contributed by atoms with Crippen LogP contribution in [0.3, 0.4) is 0 Å². The fraction of sp³-hybridized carbons (Fsp3) is 0.522. The molecule has 0 aliphatic heterocycles. The quantitative estimate of drug-likeness (QED) is 0.515. The van der Waals surface area contributed by atoms with Crippen LogP contribution in [0.1, 0.15) is 49.7 Å². The lowest BCUT2D eigenvalue weighted by Crippen LogP contribution is -2.34. The van der Waals surface area contributed by atoms with Crippen LogP contribution in [-0.2, 0) is 16.3 Å². The predicted octanol–water partition coefficient (Wildman–Crippen LogP) is 5.47. The van der Waals surface area contributed by atoms with E-state index in [9.17, 15) is 9.69 Å². The Morgan fingerprint density at radius 3 is 2.68 bits per heavy atom. The van der Waals surface area contributed by atoms with Gasteiger partial charge in [0.25, 0.3) is 5.91 Å². The summed E-state index contributed by atoms with van der Waals surface area (Å²) >= 11 is 7.07. The van der Waals surface area contributed by atoms with Crippen LogP contribution in [0.2, 0.25) is 0 Å². The van der Waals surface area contributed by atoms with E-state index in [0.717, 1.165) is 18.5 Å². The van der Waals surface area contributed by atoms with Gasteiger partial charge < -0.3 is 19.6 Å². The Hall–Kier alpha value is -1.24. The van der Waals surface area contributed by atoms with Gasteiger partial charge in [0.15, 0.2) is 0 Å². The summed E-state index contributed by atoms with van der Waals surface area (Å²) in [4.78, 5) is 26.7. The average molecular weight is 481 g/mol. The number of carbonyl (C=O) groups is 1. The molecule has 1 amide bonds. The number of rotatable bonds is 7. The van der Waals surface area contributed by atoms with Gasteiger partial charge in [-0.2, -0.15) is 0 Å². The number of benzene rings is 1. The molecule has 1 fully saturated rings. The molecule has 1 saturated carbocycles. The molecule has 4 unspecified atom stereocenters. The summed E-state index contributed by atoms with van der Waals surface area (Å²) in [6.45, 7) is 3.30. The highest BCUT2D eigenvalue weighted by Gasteiger charge is 2.36. The monoisotopic (exact) mass is 480 g/mol. The molecule has 1 heterocycles. The first kappa shape index (κ1) is 24.4. The van der Waals surface area contributed by atoms with Crippen molar-refractivity contribution in [3.8, 4) is 0 Å². The van der Waals surface area contributed by atoms with E-state index < -0.39 is 6.49 Å². The Bertz CT molecular complexity index is 946. The van der Waals surface area contributed by atoms with Crippen molar-refractivity contribution in [1.82, 2.24) is 0 Å². The summed E-state index contributed by atoms with van der Waals surface area (Å²) in [6, 6.07) is 9.17. The zero-order chi connectivity index (χ0) is 22.8. The lowest BCUT2D eigenvalue weighted by Gasteiger charge is -2.39. The van der Waals surface area contributed by atoms with Crippen LogP contribution in [0.25, 0.3) is 0 Å². The highest BCUT2D eigenvalue weighted by atomic mass is 32.5. The number of carbonyl (C=O) groups excluding carboxylic acids is 1. The number of hydrogen-bond donors (Lipinski definition) is 2. The zero-order valence-electron chi connectivity index (χ0n) is 18.9. The topological polar surface area (TPSA) is 61.8 Å². The molecule has 0 spiro atoms. The van der Waals surface area contributed by atoms with Gasteiger partial charge in [0, 0.05) is 19.8 Å². The maximum Gasteiger partial charge on any atom is 0.265 e. The minimum atomic E-state index is -3.33. The highest BCUT2D eigenvalue weighted by molar-refractivity contribution is 8.13. The first-order valence-corrected chi connectivity index (χ1v) is 14.3. The number of nitrogens with zero attached hydrogens (tertiary/aromatic N) is 1. The molecule has 3 rings (SSSR count). The molecule has 1 aliphatic carbocycles. The van der Waals surface area contributed by atoms with Crippen molar-refractivity contribution in [2.45, 2.75) is 46.1 Å². The Morgan fingerprint density at radius 2 is 2.06 bits per heavy atom. The fourth-order valence-corrected chi connectivity index (χ4v) is 7.06. The molecule has 2 N–H and O–H groups in total. The molecular formula is C23H33N2O3PS2. The molecule has 170 valence electrons. The molecule has 8 heteroatoms. The first-order chi connectivity index (χ1) is 14.6. The van der Waals surface area contributed by atoms with E-state index >= 15 is 0 Å². The lowest BCUT2D eigenvalue weighted by atomic mass is 9.75. The normalized spacial score (nSPS) is 23.4. The third kappa shape index (κ3) is 5.96. The number of anilines is 2. The highest BCUT2D eigenvalue weighted by Crippen LogP contribution is 2.50. The number of amides is 1. The van der Waals surface area contributed by atoms with E-state index in [2.05, 4.69) is 26.1 Å². The third-order valence-electron chi connectivity index (χ3n) is 6.03. The summed E-state index contributed by atoms with van der Waals surface area (Å²) in [7, 11) is 3.87. The van der Waals surface area contributed by atoms with Gasteiger partial charge in [-0.15, -0.1) is 11.3 Å². The Labute approximate surface area is 195 Å². The molecule has 2 aromatic rings. The maximum absolute atomic E-state index is 12.8. The summed E-state index contributed by atoms with van der Waals surface area (Å²) in [5, 5.41) is 5.32. The molecule has 0 radical (unpaired) electrons. The Kier molecular flexibility index (Phi) is 7.98. The molecule has 4 atom stereocenters. The summed E-state index contributed by atoms with van der Waals surface area (Å²) in [5.74, 6) is 1.16. The van der Waals surface area contributed by atoms with Gasteiger partial charge in [0.1, 0.15) is 0 Å². The van der Waals surface area contributed by atoms with Crippen molar-refractivity contribution in [3.63, 3.8) is 0 Å². The average Bonchev–Trinajstić information content (AvgIpc) is 3.22. The minimum Gasteiger partial charge on any atom is -0.378 e. The van der Waals surface area contributed by atoms with Crippen LogP contribution in [-0.4, -0.2) is 31.0 Å². The molecule has 1 aromatic heterocycles. The second-order valence-electron chi connectivity index (χ2n) is 9.02. The van der Waals surface area contributed by atoms with Crippen LogP contribution >= 0.6 is 17.8 Å². The van der Waals surface area contributed by atoms with Crippen molar-refractivity contribution < 1.29 is 14.2 Å². The van der Waals surface area contributed by atoms with E-state index in [1.54, 1.807) is 12.1 Å². The smallest absolute Gasteiger partial charge is 0.265 e. The summed E-state index contributed by atoms with van der Waals surface area (Å²) in [5.41, 5.74) is 1.42. The van der Waals surface area contributed by atoms with Crippen LogP contribution in [0, 0.1) is 17.8 Å². The molecule has 1 aromatic carbocycles. The first-order valence-electron chi connectivity index (χ1n) is 10.8. The predicted molar refractivity (Wildman–Crippen MR) is 135 cm³/mol. The van der Waals surface area contributed by atoms with Crippen molar-refractivity contribution in [2.24, 2.45) is 17.8 Å². The minimum absolute atomic E-state index is 0.0750. The Balaban J connectivity index is 1.93. The second-order valence-corrected chi connectivity index (χ2v) is 13.2. The van der Waals surface area contributed by atoms with Crippen LogP contribution in [0.4, 0.5) is 11.4 Å². The van der Waals surface area contributed by atoms with Gasteiger partial charge in [-0.05, 0) is 72.0 Å². The lowest BCUT2D eigenvalue weighted by molar-refractivity contribution is 0.0486. The van der Waals surface area contributed by atoms with Gasteiger partial charge in [-0.3, -0.25) is 4.79 Å². The van der Waals surface area contributed by atoms with E-state index in [4.69, 9.17) is 16.3 Å². The third-order valence-corrected chi connectivity index (χ3v) is 9.31. The van der Waals surface area contributed by atoms with Crippen molar-refractivity contribution in [2.75, 3.05) is 24.3 Å². The van der Waals surface area contributed by atoms with Crippen LogP contribution < -0.4 is 15.5 Å². The van der Waals surface area contributed by atoms with Gasteiger partial charge >= 0.3 is 0 Å². The summed E-state index contributed by atoms with van der Waals surface area (Å²) in [6.07, 6.45) is 3.08. The van der Waals surface area contributed by atoms with E-state index in [1.165, 1.54) is 17.8 Å². The van der Waals surface area contributed by atoms with E-state index in [1.807, 2.05) is 42.6 Å². The van der Waals surface area contributed by atoms with Crippen LogP contribution in [0.15, 0.2) is 35.7 Å². The molecule has 0 bridgehead atoms. The van der Waals surface area contributed by atoms with E-state index in [-0.39, 0.29) is 12.0 Å². The number of nitrogens with one attached hydrogen (secondary N) is 1. The second kappa shape index (κ2) is 10.1. The maximum atomic E-state index is 12.8. The number of thiophene rings is 1. The van der Waals surface area contributed by atoms with Gasteiger partial charge in [-0.1, -0.05) is 33.3 Å². The molecule has 5 nitrogen and oxygen atoms in total. The Morgan fingerprint density at radius 1 is 1.32 bits per heavy atom. The van der Waals surface area contributed by atoms with Gasteiger partial charge in [-0.25, -0.2) is 0 Å². The van der Waals surface area contributed by atoms with E-state index in [0.29, 0.717) is 33.6 Å². The van der Waals surface area contributed by atoms with Crippen LogP contribution in [0.5, 0.6) is 0 Å². The molecule has 1 aliphatic rings. The molecule has 0 saturated heterocycles. The van der Waals surface area contributed by atoms with Gasteiger partial charge in [0.05, 0.1) is 22.0 Å². The van der Waals surface area contributed by atoms with Crippen molar-refractivity contribution in [3.05, 3.63) is 40.6 Å². The summed E-state index contributed by atoms with van der Waals surface area (Å²) < 4.78 is 6.34. The number of hydrogen-bond acceptors (Lipinski definition) is 5. The van der Waals surface area contributed by atoms with Crippen molar-refractivity contribution >= 4 is 52.2 Å². The molecule has 31 heavy (non-hydrogen) atoms. The largest absolute Gasteiger partial charge is 0.378 e. The zero-order valence-corrected chi connectivity index (χ0v) is 21.4. The fourth-order valence-electron chi connectivity index (χ4n) is 4.22. The standard InChI is InChI=1S/C23H33N2O3PS2/c1-15(2)18-10-8-16(3)13-20(18)28-29(27,30)21-11-9-17(25(4)5)14-19(21)24-23(26)22-7-6-12-31-22/h6-7,9,11-12,14-16,18,20H,8,10,13H2,1-5H3,(H,24,26)(H,27,30). The van der Waals surface area contributed by atoms with Gasteiger partial charge in [0.2, 0.25) is 6.49 Å². The molecular weight excluding hydrogens is 447 g/mol. The van der Waals surface area contributed by atoms with Crippen molar-refractivity contribution in [1.29, 1.82) is 0 Å².